The zero-order valence-electron chi connectivity index (χ0n) is 5.51. The van der Waals surface area contributed by atoms with Gasteiger partial charge in [0, 0.05) is 0 Å². The van der Waals surface area contributed by atoms with Crippen molar-refractivity contribution in [3.8, 4) is 0 Å². The fourth-order valence-corrected chi connectivity index (χ4v) is 39.9. The quantitative estimate of drug-likeness (QED) is 0.458. The molecule has 2 heterocycles. The molecular weight excluding hydrogens is 514 g/mol. The molecule has 0 aromatic carbocycles. The first kappa shape index (κ1) is 7.38. The first-order valence-electron chi connectivity index (χ1n) is 3.23. The molecular formula is C8H8Bi2. The monoisotopic (exact) mass is 522 g/mol. The van der Waals surface area contributed by atoms with Gasteiger partial charge in [-0.05, 0) is 0 Å². The predicted octanol–water partition coefficient (Wildman–Crippen LogP) is 1.46. The van der Waals surface area contributed by atoms with Gasteiger partial charge in [-0.25, -0.2) is 0 Å². The molecule has 2 aliphatic rings. The van der Waals surface area contributed by atoms with Gasteiger partial charge in [-0.3, -0.25) is 0 Å². The van der Waals surface area contributed by atoms with Crippen molar-refractivity contribution in [1.82, 2.24) is 0 Å². The van der Waals surface area contributed by atoms with Gasteiger partial charge in [0.05, 0.1) is 0 Å². The normalized spacial score (nSPS) is 23.6. The van der Waals surface area contributed by atoms with Gasteiger partial charge in [-0.15, -0.1) is 0 Å². The third-order valence-corrected chi connectivity index (χ3v) is 47.3. The molecule has 0 aliphatic carbocycles. The van der Waals surface area contributed by atoms with E-state index in [1.165, 1.54) is 0 Å². The Labute approximate surface area is 72.4 Å². The van der Waals surface area contributed by atoms with Gasteiger partial charge in [0.1, 0.15) is 0 Å². The fraction of sp³-hybridized carbons (Fsp3) is 0. The standard InChI is InChI=1S/2C4H4.2Bi/c2*1-3-4-2;;/h2*1-4H;;. The molecule has 50 valence electrons. The third-order valence-electron chi connectivity index (χ3n) is 1.44. The summed E-state index contributed by atoms with van der Waals surface area (Å²) >= 11 is -2.13. The fourth-order valence-electron chi connectivity index (χ4n) is 0.959. The zero-order chi connectivity index (χ0) is 6.81. The predicted molar refractivity (Wildman–Crippen MR) is 48.1 cm³/mol. The maximum absolute atomic E-state index is 2.53. The molecule has 0 atom stereocenters. The van der Waals surface area contributed by atoms with Crippen LogP contribution in [0.3, 0.4) is 0 Å². The van der Waals surface area contributed by atoms with Crippen molar-refractivity contribution in [2.75, 3.05) is 0 Å². The summed E-state index contributed by atoms with van der Waals surface area (Å²) in [5.41, 5.74) is 0. The van der Waals surface area contributed by atoms with Crippen LogP contribution in [0.25, 0.3) is 0 Å². The van der Waals surface area contributed by atoms with E-state index < -0.39 is 33.9 Å². The summed E-state index contributed by atoms with van der Waals surface area (Å²) in [5, 5.41) is 0. The van der Waals surface area contributed by atoms with Crippen LogP contribution in [0.2, 0.25) is 0 Å². The zero-order valence-corrected chi connectivity index (χ0v) is 12.5. The Morgan fingerprint density at radius 3 is 1.10 bits per heavy atom. The molecule has 0 amide bonds. The SMILES string of the molecule is C1=[CH][Bi]([Bi]2[CH]=CC=[CH]2)[CH]=C1. The Balaban J connectivity index is 2.12. The van der Waals surface area contributed by atoms with Crippen LogP contribution in [0.1, 0.15) is 0 Å². The summed E-state index contributed by atoms with van der Waals surface area (Å²) in [6.45, 7) is 0. The summed E-state index contributed by atoms with van der Waals surface area (Å²) in [5.74, 6) is 0. The Morgan fingerprint density at radius 1 is 0.500 bits per heavy atom. The first-order chi connectivity index (χ1) is 4.97. The van der Waals surface area contributed by atoms with Crippen molar-refractivity contribution >= 4 is 33.9 Å². The number of allylic oxidation sites excluding steroid dienone is 4. The maximum atomic E-state index is 2.53. The first-order valence-corrected chi connectivity index (χ1v) is 26.5. The molecule has 0 saturated heterocycles. The van der Waals surface area contributed by atoms with E-state index >= 15 is 0 Å². The minimum atomic E-state index is -1.07. The van der Waals surface area contributed by atoms with E-state index in [1.54, 1.807) is 0 Å². The van der Waals surface area contributed by atoms with Gasteiger partial charge in [0.2, 0.25) is 0 Å². The van der Waals surface area contributed by atoms with Crippen molar-refractivity contribution < 1.29 is 0 Å². The minimum absolute atomic E-state index is 1.07. The average molecular weight is 522 g/mol. The van der Waals surface area contributed by atoms with E-state index in [0.29, 0.717) is 0 Å². The van der Waals surface area contributed by atoms with E-state index in [2.05, 4.69) is 39.4 Å². The van der Waals surface area contributed by atoms with Crippen LogP contribution in [-0.4, -0.2) is 33.9 Å². The van der Waals surface area contributed by atoms with E-state index in [9.17, 15) is 0 Å². The molecule has 0 unspecified atom stereocenters. The van der Waals surface area contributed by atoms with Gasteiger partial charge >= 0.3 is 73.4 Å². The van der Waals surface area contributed by atoms with Gasteiger partial charge in [0.25, 0.3) is 0 Å². The van der Waals surface area contributed by atoms with Gasteiger partial charge < -0.3 is 0 Å². The van der Waals surface area contributed by atoms with E-state index in [-0.39, 0.29) is 0 Å². The Morgan fingerprint density at radius 2 is 0.800 bits per heavy atom. The molecule has 0 bridgehead atoms. The molecule has 0 aromatic heterocycles. The molecule has 0 saturated carbocycles. The van der Waals surface area contributed by atoms with Crippen molar-refractivity contribution in [3.63, 3.8) is 0 Å². The summed E-state index contributed by atoms with van der Waals surface area (Å²) < 4.78 is 10.1. The topological polar surface area (TPSA) is 0 Å². The second-order valence-electron chi connectivity index (χ2n) is 2.13. The molecule has 2 heteroatoms. The van der Waals surface area contributed by atoms with Crippen LogP contribution < -0.4 is 0 Å². The Kier molecular flexibility index (Phi) is 2.52. The van der Waals surface area contributed by atoms with Crippen LogP contribution in [0.5, 0.6) is 0 Å². The van der Waals surface area contributed by atoms with Crippen LogP contribution in [0.15, 0.2) is 39.4 Å². The van der Waals surface area contributed by atoms with Gasteiger partial charge in [-0.2, -0.15) is 0 Å². The summed E-state index contributed by atoms with van der Waals surface area (Å²) in [4.78, 5) is 0. The molecule has 0 spiro atoms. The third kappa shape index (κ3) is 1.49. The molecule has 0 aromatic rings. The van der Waals surface area contributed by atoms with Gasteiger partial charge in [0.15, 0.2) is 0 Å². The number of rotatable bonds is 1. The number of hydrogen-bond donors (Lipinski definition) is 0. The van der Waals surface area contributed by atoms with Crippen molar-refractivity contribution in [1.29, 1.82) is 0 Å². The average Bonchev–Trinajstić information content (AvgIpc) is 2.59. The number of hydrogen-bond acceptors (Lipinski definition) is 0. The van der Waals surface area contributed by atoms with Crippen LogP contribution >= 0.6 is 0 Å². The Bertz CT molecular complexity index is 186. The van der Waals surface area contributed by atoms with Gasteiger partial charge in [-0.1, -0.05) is 0 Å². The summed E-state index contributed by atoms with van der Waals surface area (Å²) in [7, 11) is 0. The molecule has 0 fully saturated rings. The van der Waals surface area contributed by atoms with E-state index in [4.69, 9.17) is 0 Å². The molecule has 0 nitrogen and oxygen atoms in total. The van der Waals surface area contributed by atoms with Crippen LogP contribution in [-0.2, 0) is 0 Å². The van der Waals surface area contributed by atoms with E-state index in [0.717, 1.165) is 0 Å². The molecule has 10 heavy (non-hydrogen) atoms. The second kappa shape index (κ2) is 3.42. The molecule has 0 N–H and O–H groups in total. The van der Waals surface area contributed by atoms with Crippen LogP contribution in [0, 0.1) is 0 Å². The van der Waals surface area contributed by atoms with Crippen molar-refractivity contribution in [2.45, 2.75) is 0 Å². The van der Waals surface area contributed by atoms with E-state index in [1.807, 2.05) is 0 Å². The molecule has 2 aliphatic heterocycles. The van der Waals surface area contributed by atoms with Crippen LogP contribution in [0.4, 0.5) is 0 Å². The van der Waals surface area contributed by atoms with Crippen molar-refractivity contribution in [3.05, 3.63) is 39.4 Å². The summed E-state index contributed by atoms with van der Waals surface area (Å²) in [6.07, 6.45) is 9.03. The molecule has 2 rings (SSSR count). The second-order valence-corrected chi connectivity index (χ2v) is 44.2. The molecule has 0 radical (unpaired) electrons. The summed E-state index contributed by atoms with van der Waals surface area (Å²) in [6, 6.07) is 0. The Hall–Kier alpha value is 0.726. The van der Waals surface area contributed by atoms with Crippen molar-refractivity contribution in [2.24, 2.45) is 0 Å².